The number of aromatic nitrogens is 4. The zero-order chi connectivity index (χ0) is 14.3. The number of benzene rings is 1. The highest BCUT2D eigenvalue weighted by Crippen LogP contribution is 2.17. The first-order valence-electron chi connectivity index (χ1n) is 6.82. The quantitative estimate of drug-likeness (QED) is 0.698. The van der Waals surface area contributed by atoms with Crippen molar-refractivity contribution in [3.05, 3.63) is 60.9 Å². The van der Waals surface area contributed by atoms with Gasteiger partial charge in [-0.3, -0.25) is 4.68 Å². The lowest BCUT2D eigenvalue weighted by molar-refractivity contribution is 0.291. The lowest BCUT2D eigenvalue weighted by Gasteiger charge is -2.09. The van der Waals surface area contributed by atoms with Crippen LogP contribution in [0.2, 0.25) is 0 Å². The maximum Gasteiger partial charge on any atom is 0.125 e. The van der Waals surface area contributed by atoms with E-state index in [1.54, 1.807) is 12.4 Å². The van der Waals surface area contributed by atoms with Crippen LogP contribution in [0, 0.1) is 0 Å². The van der Waals surface area contributed by atoms with Crippen LogP contribution in [0.4, 0.5) is 5.69 Å². The third kappa shape index (κ3) is 3.85. The molecule has 0 aliphatic carbocycles. The largest absolute Gasteiger partial charge is 0.492 e. The topological polar surface area (TPSA) is 67.8 Å². The molecule has 0 saturated heterocycles. The van der Waals surface area contributed by atoms with Gasteiger partial charge >= 0.3 is 0 Å². The van der Waals surface area contributed by atoms with Gasteiger partial charge in [-0.25, -0.2) is 4.98 Å². The summed E-state index contributed by atoms with van der Waals surface area (Å²) in [6, 6.07) is 9.80. The normalized spacial score (nSPS) is 10.5. The third-order valence-corrected chi connectivity index (χ3v) is 3.00. The summed E-state index contributed by atoms with van der Waals surface area (Å²) in [6.07, 6.45) is 7.24. The van der Waals surface area contributed by atoms with E-state index in [9.17, 15) is 0 Å². The summed E-state index contributed by atoms with van der Waals surface area (Å²) in [5.41, 5.74) is 1.00. The predicted octanol–water partition coefficient (Wildman–Crippen LogP) is 2.30. The minimum absolute atomic E-state index is 0.587. The maximum atomic E-state index is 5.73. The number of hydrogen-bond acceptors (Lipinski definition) is 4. The molecule has 0 radical (unpaired) electrons. The molecule has 3 aromatic rings. The Bertz CT molecular complexity index is 649. The second kappa shape index (κ2) is 6.60. The number of imidazole rings is 1. The molecule has 0 saturated carbocycles. The highest BCUT2D eigenvalue weighted by Gasteiger charge is 1.99. The van der Waals surface area contributed by atoms with E-state index in [0.29, 0.717) is 13.2 Å². The van der Waals surface area contributed by atoms with Gasteiger partial charge in [0, 0.05) is 36.5 Å². The molecule has 2 N–H and O–H groups in total. The molecule has 6 heteroatoms. The smallest absolute Gasteiger partial charge is 0.125 e. The Labute approximate surface area is 122 Å². The van der Waals surface area contributed by atoms with Crippen molar-refractivity contribution in [2.75, 3.05) is 11.9 Å². The molecule has 0 amide bonds. The van der Waals surface area contributed by atoms with Crippen LogP contribution in [0.25, 0.3) is 0 Å². The number of nitrogens with zero attached hydrogens (tertiary/aromatic N) is 3. The molecule has 6 nitrogen and oxygen atoms in total. The first kappa shape index (κ1) is 13.2. The highest BCUT2D eigenvalue weighted by atomic mass is 16.5. The van der Waals surface area contributed by atoms with Crippen LogP contribution in [0.5, 0.6) is 5.75 Å². The van der Waals surface area contributed by atoms with Crippen LogP contribution in [-0.4, -0.2) is 26.4 Å². The standard InChI is InChI=1S/C15H17N5O/c1-3-13(18-12-15-16-6-7-17-15)11-14(4-1)21-10-9-20-8-2-5-19-20/h1-8,11,18H,9-10,12H2,(H,16,17). The molecular weight excluding hydrogens is 266 g/mol. The number of rotatable bonds is 7. The van der Waals surface area contributed by atoms with Gasteiger partial charge in [-0.05, 0) is 18.2 Å². The average molecular weight is 283 g/mol. The molecule has 0 aliphatic heterocycles. The van der Waals surface area contributed by atoms with Gasteiger partial charge in [0.2, 0.25) is 0 Å². The van der Waals surface area contributed by atoms with Crippen molar-refractivity contribution in [2.45, 2.75) is 13.1 Å². The zero-order valence-electron chi connectivity index (χ0n) is 11.6. The molecule has 1 aromatic carbocycles. The second-order valence-corrected chi connectivity index (χ2v) is 4.53. The summed E-state index contributed by atoms with van der Waals surface area (Å²) in [7, 11) is 0. The highest BCUT2D eigenvalue weighted by molar-refractivity contribution is 5.48. The summed E-state index contributed by atoms with van der Waals surface area (Å²) in [6.45, 7) is 1.98. The summed E-state index contributed by atoms with van der Waals surface area (Å²) in [4.78, 5) is 7.23. The van der Waals surface area contributed by atoms with E-state index in [1.807, 2.05) is 47.4 Å². The van der Waals surface area contributed by atoms with Crippen molar-refractivity contribution < 1.29 is 4.74 Å². The zero-order valence-corrected chi connectivity index (χ0v) is 11.6. The Balaban J connectivity index is 1.50. The molecule has 0 atom stereocenters. The van der Waals surface area contributed by atoms with Crippen molar-refractivity contribution in [1.82, 2.24) is 19.7 Å². The molecule has 0 aliphatic rings. The predicted molar refractivity (Wildman–Crippen MR) is 80.1 cm³/mol. The van der Waals surface area contributed by atoms with Gasteiger partial charge in [0.1, 0.15) is 18.2 Å². The van der Waals surface area contributed by atoms with Crippen molar-refractivity contribution in [3.63, 3.8) is 0 Å². The van der Waals surface area contributed by atoms with Gasteiger partial charge < -0.3 is 15.0 Å². The fourth-order valence-electron chi connectivity index (χ4n) is 1.97. The van der Waals surface area contributed by atoms with E-state index in [2.05, 4.69) is 20.4 Å². The van der Waals surface area contributed by atoms with Gasteiger partial charge in [-0.2, -0.15) is 5.10 Å². The van der Waals surface area contributed by atoms with Crippen LogP contribution >= 0.6 is 0 Å². The van der Waals surface area contributed by atoms with Crippen molar-refractivity contribution in [2.24, 2.45) is 0 Å². The summed E-state index contributed by atoms with van der Waals surface area (Å²) in [5, 5.41) is 7.44. The third-order valence-electron chi connectivity index (χ3n) is 3.00. The monoisotopic (exact) mass is 283 g/mol. The molecule has 2 aromatic heterocycles. The fraction of sp³-hybridized carbons (Fsp3) is 0.200. The maximum absolute atomic E-state index is 5.73. The lowest BCUT2D eigenvalue weighted by Crippen LogP contribution is -2.08. The van der Waals surface area contributed by atoms with Gasteiger partial charge in [0.15, 0.2) is 0 Å². The van der Waals surface area contributed by atoms with Gasteiger partial charge in [-0.15, -0.1) is 0 Å². The van der Waals surface area contributed by atoms with Gasteiger partial charge in [-0.1, -0.05) is 6.07 Å². The van der Waals surface area contributed by atoms with E-state index in [1.165, 1.54) is 0 Å². The van der Waals surface area contributed by atoms with Crippen LogP contribution in [0.15, 0.2) is 55.1 Å². The van der Waals surface area contributed by atoms with Crippen LogP contribution in [-0.2, 0) is 13.1 Å². The van der Waals surface area contributed by atoms with E-state index in [4.69, 9.17) is 4.74 Å². The number of ether oxygens (including phenoxy) is 1. The lowest BCUT2D eigenvalue weighted by atomic mass is 10.3. The SMILES string of the molecule is c1cc(NCc2ncc[nH]2)cc(OCCn2cccn2)c1. The van der Waals surface area contributed by atoms with Crippen molar-refractivity contribution in [1.29, 1.82) is 0 Å². The molecule has 21 heavy (non-hydrogen) atoms. The van der Waals surface area contributed by atoms with E-state index in [-0.39, 0.29) is 0 Å². The Morgan fingerprint density at radius 2 is 2.24 bits per heavy atom. The van der Waals surface area contributed by atoms with Crippen LogP contribution in [0.3, 0.4) is 0 Å². The van der Waals surface area contributed by atoms with Gasteiger partial charge in [0.25, 0.3) is 0 Å². The molecule has 3 rings (SSSR count). The summed E-state index contributed by atoms with van der Waals surface area (Å²) in [5.74, 6) is 1.74. The Morgan fingerprint density at radius 3 is 3.05 bits per heavy atom. The molecule has 2 heterocycles. The number of H-pyrrole nitrogens is 1. The van der Waals surface area contributed by atoms with E-state index >= 15 is 0 Å². The average Bonchev–Trinajstić information content (AvgIpc) is 3.19. The summed E-state index contributed by atoms with van der Waals surface area (Å²) < 4.78 is 7.58. The first-order valence-corrected chi connectivity index (χ1v) is 6.82. The molecule has 0 bridgehead atoms. The van der Waals surface area contributed by atoms with Gasteiger partial charge in [0.05, 0.1) is 13.1 Å². The van der Waals surface area contributed by atoms with E-state index in [0.717, 1.165) is 23.8 Å². The summed E-state index contributed by atoms with van der Waals surface area (Å²) >= 11 is 0. The molecule has 0 unspecified atom stereocenters. The minimum Gasteiger partial charge on any atom is -0.492 e. The Kier molecular flexibility index (Phi) is 4.16. The molecule has 0 fully saturated rings. The number of anilines is 1. The Hall–Kier alpha value is -2.76. The fourth-order valence-corrected chi connectivity index (χ4v) is 1.97. The number of aromatic amines is 1. The second-order valence-electron chi connectivity index (χ2n) is 4.53. The van der Waals surface area contributed by atoms with Crippen molar-refractivity contribution in [3.8, 4) is 5.75 Å². The van der Waals surface area contributed by atoms with Crippen molar-refractivity contribution >= 4 is 5.69 Å². The molecule has 0 spiro atoms. The Morgan fingerprint density at radius 1 is 1.24 bits per heavy atom. The van der Waals surface area contributed by atoms with E-state index < -0.39 is 0 Å². The number of hydrogen-bond donors (Lipinski definition) is 2. The molecular formula is C15H17N5O. The van der Waals surface area contributed by atoms with Crippen LogP contribution in [0.1, 0.15) is 5.82 Å². The minimum atomic E-state index is 0.587. The molecule has 108 valence electrons. The number of nitrogens with one attached hydrogen (secondary N) is 2. The van der Waals surface area contributed by atoms with Crippen LogP contribution < -0.4 is 10.1 Å². The first-order chi connectivity index (χ1) is 10.4.